The quantitative estimate of drug-likeness (QED) is 0.845. The van der Waals surface area contributed by atoms with Crippen LogP contribution in [0, 0.1) is 5.92 Å². The number of rotatable bonds is 2. The second-order valence-corrected chi connectivity index (χ2v) is 5.46. The van der Waals surface area contributed by atoms with Crippen LogP contribution in [0.5, 0.6) is 5.75 Å². The van der Waals surface area contributed by atoms with Crippen molar-refractivity contribution in [2.45, 2.75) is 38.6 Å². The van der Waals surface area contributed by atoms with E-state index in [-0.39, 0.29) is 0 Å². The normalized spacial score (nSPS) is 28.5. The highest BCUT2D eigenvalue weighted by Gasteiger charge is 2.33. The Morgan fingerprint density at radius 1 is 1.35 bits per heavy atom. The Morgan fingerprint density at radius 3 is 3.00 bits per heavy atom. The lowest BCUT2D eigenvalue weighted by Gasteiger charge is -2.24. The predicted molar refractivity (Wildman–Crippen MR) is 69.1 cm³/mol. The van der Waals surface area contributed by atoms with Crippen molar-refractivity contribution in [2.24, 2.45) is 5.92 Å². The molecular formula is C15H21NO. The summed E-state index contributed by atoms with van der Waals surface area (Å²) in [5.41, 5.74) is 2.57. The maximum Gasteiger partial charge on any atom is 0.119 e. The van der Waals surface area contributed by atoms with Crippen LogP contribution in [0.15, 0.2) is 18.2 Å². The van der Waals surface area contributed by atoms with Crippen LogP contribution in [0.2, 0.25) is 0 Å². The minimum Gasteiger partial charge on any atom is -0.508 e. The summed E-state index contributed by atoms with van der Waals surface area (Å²) in [6, 6.07) is 6.57. The molecule has 17 heavy (non-hydrogen) atoms. The zero-order valence-corrected chi connectivity index (χ0v) is 10.5. The molecule has 1 fully saturated rings. The highest BCUT2D eigenvalue weighted by molar-refractivity contribution is 5.44. The molecule has 2 heteroatoms. The molecule has 0 saturated carbocycles. The van der Waals surface area contributed by atoms with Gasteiger partial charge in [-0.1, -0.05) is 25.5 Å². The Hall–Kier alpha value is -1.02. The summed E-state index contributed by atoms with van der Waals surface area (Å²) in [6.45, 7) is 4.77. The predicted octanol–water partition coefficient (Wildman–Crippen LogP) is 3.11. The summed E-state index contributed by atoms with van der Waals surface area (Å²) in [4.78, 5) is 2.62. The molecule has 0 amide bonds. The number of hydrogen-bond acceptors (Lipinski definition) is 2. The van der Waals surface area contributed by atoms with E-state index in [1.54, 1.807) is 0 Å². The van der Waals surface area contributed by atoms with Gasteiger partial charge in [-0.25, -0.2) is 0 Å². The molecule has 2 unspecified atom stereocenters. The van der Waals surface area contributed by atoms with Crippen LogP contribution in [-0.2, 0) is 6.42 Å². The van der Waals surface area contributed by atoms with Crippen molar-refractivity contribution in [3.63, 3.8) is 0 Å². The Kier molecular flexibility index (Phi) is 2.83. The molecule has 1 aliphatic carbocycles. The van der Waals surface area contributed by atoms with Crippen LogP contribution in [0.25, 0.3) is 0 Å². The fraction of sp³-hybridized carbons (Fsp3) is 0.600. The highest BCUT2D eigenvalue weighted by Crippen LogP contribution is 2.41. The van der Waals surface area contributed by atoms with Gasteiger partial charge in [0.1, 0.15) is 5.75 Å². The number of likely N-dealkylation sites (tertiary alicyclic amines) is 1. The van der Waals surface area contributed by atoms with Crippen molar-refractivity contribution in [2.75, 3.05) is 13.1 Å². The number of fused-ring (bicyclic) bond motifs is 1. The highest BCUT2D eigenvalue weighted by atomic mass is 16.3. The Balaban J connectivity index is 1.82. The van der Waals surface area contributed by atoms with Crippen LogP contribution in [0.1, 0.15) is 43.4 Å². The SMILES string of the molecule is CCC1CCN(C2CCc3c(O)cccc32)C1. The standard InChI is InChI=1S/C15H21NO/c1-2-11-8-9-16(10-11)14-7-6-13-12(14)4-3-5-15(13)17/h3-5,11,14,17H,2,6-10H2,1H3. The summed E-state index contributed by atoms with van der Waals surface area (Å²) in [7, 11) is 0. The number of aromatic hydroxyl groups is 1. The van der Waals surface area contributed by atoms with Gasteiger partial charge in [0.05, 0.1) is 0 Å². The minimum atomic E-state index is 0.497. The zero-order valence-electron chi connectivity index (χ0n) is 10.5. The van der Waals surface area contributed by atoms with Gasteiger partial charge in [0.15, 0.2) is 0 Å². The van der Waals surface area contributed by atoms with Gasteiger partial charge in [0, 0.05) is 12.6 Å². The molecule has 2 nitrogen and oxygen atoms in total. The van der Waals surface area contributed by atoms with E-state index in [1.165, 1.54) is 43.5 Å². The lowest BCUT2D eigenvalue weighted by atomic mass is 10.1. The molecule has 1 aliphatic heterocycles. The third-order valence-corrected chi connectivity index (χ3v) is 4.55. The van der Waals surface area contributed by atoms with Gasteiger partial charge < -0.3 is 5.11 Å². The van der Waals surface area contributed by atoms with Gasteiger partial charge in [-0.3, -0.25) is 4.90 Å². The molecule has 1 heterocycles. The third-order valence-electron chi connectivity index (χ3n) is 4.55. The van der Waals surface area contributed by atoms with E-state index in [4.69, 9.17) is 0 Å². The van der Waals surface area contributed by atoms with E-state index in [2.05, 4.69) is 17.9 Å². The van der Waals surface area contributed by atoms with Crippen LogP contribution in [0.4, 0.5) is 0 Å². The third kappa shape index (κ3) is 1.85. The summed E-state index contributed by atoms with van der Waals surface area (Å²) < 4.78 is 0. The molecule has 0 aromatic heterocycles. The molecular weight excluding hydrogens is 210 g/mol. The molecule has 3 rings (SSSR count). The second-order valence-electron chi connectivity index (χ2n) is 5.46. The Labute approximate surface area is 103 Å². The molecule has 92 valence electrons. The number of hydrogen-bond donors (Lipinski definition) is 1. The van der Waals surface area contributed by atoms with Gasteiger partial charge in [0.2, 0.25) is 0 Å². The van der Waals surface area contributed by atoms with E-state index in [1.807, 2.05) is 12.1 Å². The van der Waals surface area contributed by atoms with Gasteiger partial charge in [0.25, 0.3) is 0 Å². The first-order valence-electron chi connectivity index (χ1n) is 6.84. The van der Waals surface area contributed by atoms with Crippen molar-refractivity contribution >= 4 is 0 Å². The minimum absolute atomic E-state index is 0.497. The van der Waals surface area contributed by atoms with Crippen LogP contribution in [0.3, 0.4) is 0 Å². The van der Waals surface area contributed by atoms with E-state index in [0.717, 1.165) is 12.3 Å². The zero-order chi connectivity index (χ0) is 11.8. The lowest BCUT2D eigenvalue weighted by molar-refractivity contribution is 0.235. The average molecular weight is 231 g/mol. The Morgan fingerprint density at radius 2 is 2.24 bits per heavy atom. The molecule has 2 aliphatic rings. The van der Waals surface area contributed by atoms with Crippen LogP contribution >= 0.6 is 0 Å². The van der Waals surface area contributed by atoms with Crippen molar-refractivity contribution in [1.29, 1.82) is 0 Å². The van der Waals surface area contributed by atoms with Crippen molar-refractivity contribution < 1.29 is 5.11 Å². The fourth-order valence-corrected chi connectivity index (χ4v) is 3.47. The molecule has 1 aromatic carbocycles. The molecule has 1 aromatic rings. The van der Waals surface area contributed by atoms with E-state index < -0.39 is 0 Å². The van der Waals surface area contributed by atoms with Gasteiger partial charge >= 0.3 is 0 Å². The average Bonchev–Trinajstić information content (AvgIpc) is 2.94. The van der Waals surface area contributed by atoms with Gasteiger partial charge in [-0.15, -0.1) is 0 Å². The number of nitrogens with zero attached hydrogens (tertiary/aromatic N) is 1. The Bertz CT molecular complexity index is 415. The largest absolute Gasteiger partial charge is 0.508 e. The van der Waals surface area contributed by atoms with E-state index >= 15 is 0 Å². The first-order chi connectivity index (χ1) is 8.29. The molecule has 0 radical (unpaired) electrons. The van der Waals surface area contributed by atoms with Crippen molar-refractivity contribution in [1.82, 2.24) is 4.90 Å². The summed E-state index contributed by atoms with van der Waals surface area (Å²) >= 11 is 0. The van der Waals surface area contributed by atoms with Crippen LogP contribution < -0.4 is 0 Å². The van der Waals surface area contributed by atoms with Gasteiger partial charge in [-0.2, -0.15) is 0 Å². The topological polar surface area (TPSA) is 23.5 Å². The maximum absolute atomic E-state index is 9.87. The molecule has 1 N–H and O–H groups in total. The molecule has 0 bridgehead atoms. The summed E-state index contributed by atoms with van der Waals surface area (Å²) in [6.07, 6.45) is 4.88. The summed E-state index contributed by atoms with van der Waals surface area (Å²) in [5, 5.41) is 9.87. The first-order valence-corrected chi connectivity index (χ1v) is 6.84. The second kappa shape index (κ2) is 4.34. The number of phenols is 1. The maximum atomic E-state index is 9.87. The lowest BCUT2D eigenvalue weighted by Crippen LogP contribution is -2.24. The van der Waals surface area contributed by atoms with E-state index in [9.17, 15) is 5.11 Å². The number of benzene rings is 1. The van der Waals surface area contributed by atoms with Crippen LogP contribution in [-0.4, -0.2) is 23.1 Å². The number of phenolic OH excluding ortho intramolecular Hbond substituents is 1. The van der Waals surface area contributed by atoms with Crippen molar-refractivity contribution in [3.8, 4) is 5.75 Å². The van der Waals surface area contributed by atoms with Crippen molar-refractivity contribution in [3.05, 3.63) is 29.3 Å². The monoisotopic (exact) mass is 231 g/mol. The fourth-order valence-electron chi connectivity index (χ4n) is 3.47. The first kappa shape index (κ1) is 11.1. The van der Waals surface area contributed by atoms with Gasteiger partial charge in [-0.05, 0) is 48.9 Å². The smallest absolute Gasteiger partial charge is 0.119 e. The van der Waals surface area contributed by atoms with E-state index in [0.29, 0.717) is 11.8 Å². The summed E-state index contributed by atoms with van der Waals surface area (Å²) in [5.74, 6) is 1.38. The molecule has 2 atom stereocenters. The molecule has 0 spiro atoms. The molecule has 1 saturated heterocycles.